The third kappa shape index (κ3) is 2.86. The van der Waals surface area contributed by atoms with E-state index in [0.29, 0.717) is 30.3 Å². The number of hydrogen-bond acceptors (Lipinski definition) is 5. The van der Waals surface area contributed by atoms with Crippen molar-refractivity contribution in [3.05, 3.63) is 29.3 Å². The summed E-state index contributed by atoms with van der Waals surface area (Å²) < 4.78 is 15.7. The van der Waals surface area contributed by atoms with Crippen LogP contribution in [-0.2, 0) is 9.53 Å². The summed E-state index contributed by atoms with van der Waals surface area (Å²) in [4.78, 5) is 11.4. The van der Waals surface area contributed by atoms with Crippen molar-refractivity contribution in [1.29, 1.82) is 5.26 Å². The molecule has 5 heteroatoms. The van der Waals surface area contributed by atoms with Gasteiger partial charge in [-0.05, 0) is 12.1 Å². The van der Waals surface area contributed by atoms with Crippen LogP contribution in [0.1, 0.15) is 12.0 Å². The van der Waals surface area contributed by atoms with Crippen molar-refractivity contribution < 1.29 is 19.0 Å². The largest absolute Gasteiger partial charge is 0.490 e. The molecule has 0 atom stereocenters. The first-order valence-electron chi connectivity index (χ1n) is 5.85. The minimum absolute atomic E-state index is 0.0799. The quantitative estimate of drug-likeness (QED) is 0.461. The van der Waals surface area contributed by atoms with Gasteiger partial charge in [0.25, 0.3) is 0 Å². The van der Waals surface area contributed by atoms with E-state index >= 15 is 0 Å². The molecule has 0 amide bonds. The maximum atomic E-state index is 11.4. The number of hydrogen-bond donors (Lipinski definition) is 0. The van der Waals surface area contributed by atoms with E-state index in [0.717, 1.165) is 6.42 Å². The first kappa shape index (κ1) is 13.0. The number of carbonyl (C=O) groups excluding carboxylic acids is 1. The lowest BCUT2D eigenvalue weighted by atomic mass is 10.1. The standard InChI is InChI=1S/C14H13NO4/c1-17-14(16)11(9-15)8-10-4-2-5-12-13(10)19-7-3-6-18-12/h2,4-5,8H,3,6-7H2,1H3/b11-8-. The molecule has 0 N–H and O–H groups in total. The average molecular weight is 259 g/mol. The van der Waals surface area contributed by atoms with Gasteiger partial charge in [-0.2, -0.15) is 5.26 Å². The zero-order valence-corrected chi connectivity index (χ0v) is 10.5. The van der Waals surface area contributed by atoms with E-state index in [1.54, 1.807) is 18.2 Å². The molecule has 1 aromatic carbocycles. The number of benzene rings is 1. The smallest absolute Gasteiger partial charge is 0.348 e. The van der Waals surface area contributed by atoms with E-state index < -0.39 is 5.97 Å². The van der Waals surface area contributed by atoms with Gasteiger partial charge < -0.3 is 14.2 Å². The van der Waals surface area contributed by atoms with Crippen molar-refractivity contribution in [1.82, 2.24) is 0 Å². The number of esters is 1. The predicted molar refractivity (Wildman–Crippen MR) is 67.7 cm³/mol. The van der Waals surface area contributed by atoms with Gasteiger partial charge in [-0.15, -0.1) is 0 Å². The molecule has 0 aliphatic carbocycles. The van der Waals surface area contributed by atoms with Crippen LogP contribution < -0.4 is 9.47 Å². The molecule has 98 valence electrons. The predicted octanol–water partition coefficient (Wildman–Crippen LogP) is 1.93. The lowest BCUT2D eigenvalue weighted by molar-refractivity contribution is -0.135. The van der Waals surface area contributed by atoms with Gasteiger partial charge in [0.15, 0.2) is 11.5 Å². The Bertz CT molecular complexity index is 557. The van der Waals surface area contributed by atoms with Gasteiger partial charge in [0.05, 0.1) is 20.3 Å². The molecule has 1 aliphatic heterocycles. The summed E-state index contributed by atoms with van der Waals surface area (Å²) in [6.07, 6.45) is 2.24. The van der Waals surface area contributed by atoms with Crippen LogP contribution in [-0.4, -0.2) is 26.3 Å². The molecule has 0 fully saturated rings. The zero-order valence-electron chi connectivity index (χ0n) is 10.5. The summed E-state index contributed by atoms with van der Waals surface area (Å²) in [7, 11) is 1.23. The van der Waals surface area contributed by atoms with Crippen molar-refractivity contribution in [2.45, 2.75) is 6.42 Å². The van der Waals surface area contributed by atoms with Crippen molar-refractivity contribution in [2.75, 3.05) is 20.3 Å². The SMILES string of the molecule is COC(=O)/C(C#N)=C\c1cccc2c1OCCCO2. The topological polar surface area (TPSA) is 68.6 Å². The molecular weight excluding hydrogens is 246 g/mol. The van der Waals surface area contributed by atoms with Gasteiger partial charge in [-0.3, -0.25) is 0 Å². The number of para-hydroxylation sites is 1. The highest BCUT2D eigenvalue weighted by Gasteiger charge is 2.15. The molecule has 19 heavy (non-hydrogen) atoms. The van der Waals surface area contributed by atoms with E-state index in [4.69, 9.17) is 14.7 Å². The first-order valence-corrected chi connectivity index (χ1v) is 5.85. The van der Waals surface area contributed by atoms with Gasteiger partial charge in [0, 0.05) is 12.0 Å². The molecule has 0 unspecified atom stereocenters. The molecule has 0 bridgehead atoms. The molecule has 1 aliphatic rings. The summed E-state index contributed by atoms with van der Waals surface area (Å²) in [5.74, 6) is 0.500. The Labute approximate surface area is 111 Å². The van der Waals surface area contributed by atoms with E-state index in [2.05, 4.69) is 4.74 Å². The first-order chi connectivity index (χ1) is 9.26. The number of nitriles is 1. The van der Waals surface area contributed by atoms with Crippen LogP contribution in [0.25, 0.3) is 6.08 Å². The van der Waals surface area contributed by atoms with Crippen molar-refractivity contribution in [3.8, 4) is 17.6 Å². The van der Waals surface area contributed by atoms with Gasteiger partial charge in [0.2, 0.25) is 0 Å². The number of rotatable bonds is 2. The molecule has 1 aromatic rings. The summed E-state index contributed by atoms with van der Waals surface area (Å²) >= 11 is 0. The molecule has 2 rings (SSSR count). The Morgan fingerprint density at radius 1 is 1.42 bits per heavy atom. The minimum atomic E-state index is -0.672. The van der Waals surface area contributed by atoms with E-state index in [1.165, 1.54) is 13.2 Å². The number of carbonyl (C=O) groups is 1. The second-order valence-electron chi connectivity index (χ2n) is 3.89. The fourth-order valence-electron chi connectivity index (χ4n) is 1.73. The molecule has 0 radical (unpaired) electrons. The van der Waals surface area contributed by atoms with Crippen LogP contribution in [0.3, 0.4) is 0 Å². The third-order valence-corrected chi connectivity index (χ3v) is 2.63. The van der Waals surface area contributed by atoms with E-state index in [1.807, 2.05) is 6.07 Å². The van der Waals surface area contributed by atoms with Gasteiger partial charge in [-0.1, -0.05) is 12.1 Å². The maximum Gasteiger partial charge on any atom is 0.348 e. The fraction of sp³-hybridized carbons (Fsp3) is 0.286. The second kappa shape index (κ2) is 5.91. The second-order valence-corrected chi connectivity index (χ2v) is 3.89. The van der Waals surface area contributed by atoms with Crippen LogP contribution in [0.5, 0.6) is 11.5 Å². The molecule has 0 spiro atoms. The van der Waals surface area contributed by atoms with Gasteiger partial charge >= 0.3 is 5.97 Å². The summed E-state index contributed by atoms with van der Waals surface area (Å²) in [6, 6.07) is 7.15. The van der Waals surface area contributed by atoms with Gasteiger partial charge in [-0.25, -0.2) is 4.79 Å². The van der Waals surface area contributed by atoms with Crippen LogP contribution in [0.4, 0.5) is 0 Å². The Morgan fingerprint density at radius 2 is 2.21 bits per heavy atom. The molecule has 0 saturated carbocycles. The van der Waals surface area contributed by atoms with Gasteiger partial charge in [0.1, 0.15) is 11.6 Å². The normalized spacial score (nSPS) is 14.2. The van der Waals surface area contributed by atoms with Crippen molar-refractivity contribution in [2.24, 2.45) is 0 Å². The summed E-state index contributed by atoms with van der Waals surface area (Å²) in [6.45, 7) is 1.13. The molecular formula is C14H13NO4. The zero-order chi connectivity index (χ0) is 13.7. The molecule has 5 nitrogen and oxygen atoms in total. The van der Waals surface area contributed by atoms with E-state index in [-0.39, 0.29) is 5.57 Å². The summed E-state index contributed by atoms with van der Waals surface area (Å²) in [5, 5.41) is 8.96. The number of nitrogens with zero attached hydrogens (tertiary/aromatic N) is 1. The Kier molecular flexibility index (Phi) is 4.04. The average Bonchev–Trinajstić information content (AvgIpc) is 2.69. The van der Waals surface area contributed by atoms with Crippen molar-refractivity contribution in [3.63, 3.8) is 0 Å². The monoisotopic (exact) mass is 259 g/mol. The Balaban J connectivity index is 2.43. The highest BCUT2D eigenvalue weighted by atomic mass is 16.5. The highest BCUT2D eigenvalue weighted by molar-refractivity contribution is 5.98. The number of fused-ring (bicyclic) bond motifs is 1. The van der Waals surface area contributed by atoms with Crippen LogP contribution in [0.2, 0.25) is 0 Å². The maximum absolute atomic E-state index is 11.4. The lowest BCUT2D eigenvalue weighted by Gasteiger charge is -2.09. The minimum Gasteiger partial charge on any atom is -0.490 e. The third-order valence-electron chi connectivity index (χ3n) is 2.63. The fourth-order valence-corrected chi connectivity index (χ4v) is 1.73. The van der Waals surface area contributed by atoms with Crippen LogP contribution in [0.15, 0.2) is 23.8 Å². The van der Waals surface area contributed by atoms with Crippen LogP contribution >= 0.6 is 0 Å². The molecule has 0 aromatic heterocycles. The lowest BCUT2D eigenvalue weighted by Crippen LogP contribution is -2.03. The molecule has 0 saturated heterocycles. The Morgan fingerprint density at radius 3 is 2.95 bits per heavy atom. The van der Waals surface area contributed by atoms with Crippen LogP contribution in [0, 0.1) is 11.3 Å². The van der Waals surface area contributed by atoms with E-state index in [9.17, 15) is 4.79 Å². The number of ether oxygens (including phenoxy) is 3. The van der Waals surface area contributed by atoms with Crippen molar-refractivity contribution >= 4 is 12.0 Å². The molecule has 1 heterocycles. The number of methoxy groups -OCH3 is 1. The summed E-state index contributed by atoms with van der Waals surface area (Å²) in [5.41, 5.74) is 0.546. The Hall–Kier alpha value is -2.48. The highest BCUT2D eigenvalue weighted by Crippen LogP contribution is 2.34.